The molecule has 4 rings (SSSR count). The molecule has 4 nitrogen and oxygen atoms in total. The van der Waals surface area contributed by atoms with Crippen LogP contribution in [-0.4, -0.2) is 16.5 Å². The zero-order chi connectivity index (χ0) is 17.8. The number of aromatic nitrogens is 2. The highest BCUT2D eigenvalue weighted by Gasteiger charge is 2.05. The van der Waals surface area contributed by atoms with Crippen LogP contribution >= 0.6 is 11.6 Å². The van der Waals surface area contributed by atoms with Crippen molar-refractivity contribution in [1.82, 2.24) is 15.3 Å². The Morgan fingerprint density at radius 1 is 1.00 bits per heavy atom. The average Bonchev–Trinajstić information content (AvgIpc) is 3.28. The van der Waals surface area contributed by atoms with Gasteiger partial charge < -0.3 is 14.7 Å². The number of benzene rings is 2. The number of furan rings is 1. The summed E-state index contributed by atoms with van der Waals surface area (Å²) in [5, 5.41) is 4.15. The second-order valence-corrected chi connectivity index (χ2v) is 6.69. The lowest BCUT2D eigenvalue weighted by molar-refractivity contribution is 0.490. The van der Waals surface area contributed by atoms with Gasteiger partial charge in [0.15, 0.2) is 0 Å². The van der Waals surface area contributed by atoms with Crippen molar-refractivity contribution in [3.8, 4) is 11.3 Å². The zero-order valence-electron chi connectivity index (χ0n) is 14.3. The van der Waals surface area contributed by atoms with E-state index in [0.717, 1.165) is 58.4 Å². The maximum Gasteiger partial charge on any atom is 0.134 e. The smallest absolute Gasteiger partial charge is 0.134 e. The molecule has 0 saturated heterocycles. The van der Waals surface area contributed by atoms with Gasteiger partial charge in [-0.25, -0.2) is 4.98 Å². The maximum atomic E-state index is 5.92. The van der Waals surface area contributed by atoms with E-state index in [9.17, 15) is 0 Å². The molecule has 0 aliphatic rings. The summed E-state index contributed by atoms with van der Waals surface area (Å²) in [6.45, 7) is 1.63. The van der Waals surface area contributed by atoms with Crippen LogP contribution < -0.4 is 5.32 Å². The van der Waals surface area contributed by atoms with Gasteiger partial charge in [0.25, 0.3) is 0 Å². The fourth-order valence-electron chi connectivity index (χ4n) is 2.96. The van der Waals surface area contributed by atoms with Gasteiger partial charge in [0.2, 0.25) is 0 Å². The predicted octanol–water partition coefficient (Wildman–Crippen LogP) is 5.20. The average molecular weight is 366 g/mol. The predicted molar refractivity (Wildman–Crippen MR) is 105 cm³/mol. The number of nitrogens with zero attached hydrogens (tertiary/aromatic N) is 1. The minimum Gasteiger partial charge on any atom is -0.460 e. The van der Waals surface area contributed by atoms with Crippen LogP contribution in [0.3, 0.4) is 0 Å². The SMILES string of the molecule is Clc1ccc(-c2ccc(CNCCCc3nc4ccccc4[nH]3)o2)cc1. The van der Waals surface area contributed by atoms with Gasteiger partial charge in [-0.05, 0) is 61.5 Å². The van der Waals surface area contributed by atoms with Crippen molar-refractivity contribution in [1.29, 1.82) is 0 Å². The number of hydrogen-bond donors (Lipinski definition) is 2. The Morgan fingerprint density at radius 2 is 1.85 bits per heavy atom. The fourth-order valence-corrected chi connectivity index (χ4v) is 3.08. The molecule has 0 atom stereocenters. The lowest BCUT2D eigenvalue weighted by Gasteiger charge is -2.02. The van der Waals surface area contributed by atoms with Gasteiger partial charge in [0, 0.05) is 17.0 Å². The van der Waals surface area contributed by atoms with Crippen molar-refractivity contribution >= 4 is 22.6 Å². The Hall–Kier alpha value is -2.56. The maximum absolute atomic E-state index is 5.92. The number of para-hydroxylation sites is 2. The summed E-state index contributed by atoms with van der Waals surface area (Å²) < 4.78 is 5.89. The van der Waals surface area contributed by atoms with Crippen LogP contribution in [0.1, 0.15) is 18.0 Å². The molecule has 0 bridgehead atoms. The van der Waals surface area contributed by atoms with Gasteiger partial charge in [-0.1, -0.05) is 23.7 Å². The molecule has 2 aromatic carbocycles. The van der Waals surface area contributed by atoms with Gasteiger partial charge in [0.1, 0.15) is 17.3 Å². The summed E-state index contributed by atoms with van der Waals surface area (Å²) in [6.07, 6.45) is 1.94. The highest BCUT2D eigenvalue weighted by molar-refractivity contribution is 6.30. The first kappa shape index (κ1) is 16.9. The van der Waals surface area contributed by atoms with Crippen molar-refractivity contribution in [2.75, 3.05) is 6.54 Å². The van der Waals surface area contributed by atoms with E-state index in [1.54, 1.807) is 0 Å². The Morgan fingerprint density at radius 3 is 2.69 bits per heavy atom. The van der Waals surface area contributed by atoms with Crippen molar-refractivity contribution in [2.24, 2.45) is 0 Å². The lowest BCUT2D eigenvalue weighted by atomic mass is 10.2. The highest BCUT2D eigenvalue weighted by atomic mass is 35.5. The molecular weight excluding hydrogens is 346 g/mol. The van der Waals surface area contributed by atoms with Gasteiger partial charge in [-0.3, -0.25) is 0 Å². The topological polar surface area (TPSA) is 53.9 Å². The van der Waals surface area contributed by atoms with Gasteiger partial charge in [0.05, 0.1) is 17.6 Å². The third-order valence-corrected chi connectivity index (χ3v) is 4.55. The standard InChI is InChI=1S/C21H20ClN3O/c22-16-9-7-15(8-10-16)20-12-11-17(26-20)14-23-13-3-6-21-24-18-4-1-2-5-19(18)25-21/h1-2,4-5,7-12,23H,3,6,13-14H2,(H,24,25). The molecule has 26 heavy (non-hydrogen) atoms. The first-order chi connectivity index (χ1) is 12.8. The Labute approximate surface area is 157 Å². The molecule has 0 spiro atoms. The summed E-state index contributed by atoms with van der Waals surface area (Å²) in [7, 11) is 0. The molecule has 0 amide bonds. The summed E-state index contributed by atoms with van der Waals surface area (Å²) >= 11 is 5.92. The van der Waals surface area contributed by atoms with Crippen molar-refractivity contribution in [3.05, 3.63) is 77.3 Å². The highest BCUT2D eigenvalue weighted by Crippen LogP contribution is 2.23. The van der Waals surface area contributed by atoms with E-state index in [0.29, 0.717) is 6.54 Å². The molecule has 0 aliphatic carbocycles. The van der Waals surface area contributed by atoms with E-state index < -0.39 is 0 Å². The molecule has 132 valence electrons. The monoisotopic (exact) mass is 365 g/mol. The molecule has 2 N–H and O–H groups in total. The molecule has 0 unspecified atom stereocenters. The summed E-state index contributed by atoms with van der Waals surface area (Å²) in [5.74, 6) is 2.83. The zero-order valence-corrected chi connectivity index (χ0v) is 15.1. The quantitative estimate of drug-likeness (QED) is 0.442. The number of hydrogen-bond acceptors (Lipinski definition) is 3. The van der Waals surface area contributed by atoms with Crippen molar-refractivity contribution in [2.45, 2.75) is 19.4 Å². The molecule has 2 aromatic heterocycles. The van der Waals surface area contributed by atoms with E-state index in [1.807, 2.05) is 54.6 Å². The van der Waals surface area contributed by atoms with Crippen LogP contribution in [0.25, 0.3) is 22.4 Å². The number of fused-ring (bicyclic) bond motifs is 1. The van der Waals surface area contributed by atoms with Crippen molar-refractivity contribution < 1.29 is 4.42 Å². The fraction of sp³-hybridized carbons (Fsp3) is 0.190. The number of nitrogens with one attached hydrogen (secondary N) is 2. The summed E-state index contributed by atoms with van der Waals surface area (Å²) in [6, 6.07) is 19.8. The number of aryl methyl sites for hydroxylation is 1. The van der Waals surface area contributed by atoms with Gasteiger partial charge in [-0.2, -0.15) is 0 Å². The van der Waals surface area contributed by atoms with Crippen LogP contribution in [0.4, 0.5) is 0 Å². The summed E-state index contributed by atoms with van der Waals surface area (Å²) in [4.78, 5) is 7.96. The van der Waals surface area contributed by atoms with Crippen LogP contribution in [0.15, 0.2) is 65.1 Å². The Balaban J connectivity index is 1.24. The minimum atomic E-state index is 0.716. The van der Waals surface area contributed by atoms with Gasteiger partial charge in [-0.15, -0.1) is 0 Å². The van der Waals surface area contributed by atoms with Crippen LogP contribution in [0.5, 0.6) is 0 Å². The lowest BCUT2D eigenvalue weighted by Crippen LogP contribution is -2.15. The van der Waals surface area contributed by atoms with Crippen LogP contribution in [-0.2, 0) is 13.0 Å². The number of aromatic amines is 1. The number of halogens is 1. The molecule has 4 aromatic rings. The molecule has 0 aliphatic heterocycles. The number of imidazole rings is 1. The molecular formula is C21H20ClN3O. The first-order valence-electron chi connectivity index (χ1n) is 8.77. The van der Waals surface area contributed by atoms with E-state index in [2.05, 4.69) is 21.4 Å². The van der Waals surface area contributed by atoms with E-state index in [-0.39, 0.29) is 0 Å². The number of H-pyrrole nitrogens is 1. The minimum absolute atomic E-state index is 0.716. The molecule has 5 heteroatoms. The Bertz CT molecular complexity index is 955. The van der Waals surface area contributed by atoms with Crippen LogP contribution in [0.2, 0.25) is 5.02 Å². The normalized spacial score (nSPS) is 11.3. The molecule has 0 fully saturated rings. The van der Waals surface area contributed by atoms with E-state index in [1.165, 1.54) is 0 Å². The second kappa shape index (κ2) is 7.77. The largest absolute Gasteiger partial charge is 0.460 e. The van der Waals surface area contributed by atoms with Gasteiger partial charge >= 0.3 is 0 Å². The Kier molecular flexibility index (Phi) is 5.04. The summed E-state index contributed by atoms with van der Waals surface area (Å²) in [5.41, 5.74) is 3.16. The molecule has 2 heterocycles. The third kappa shape index (κ3) is 3.98. The molecule has 0 saturated carbocycles. The first-order valence-corrected chi connectivity index (χ1v) is 9.15. The van der Waals surface area contributed by atoms with Crippen molar-refractivity contribution in [3.63, 3.8) is 0 Å². The van der Waals surface area contributed by atoms with E-state index in [4.69, 9.17) is 16.0 Å². The number of rotatable bonds is 7. The second-order valence-electron chi connectivity index (χ2n) is 6.25. The third-order valence-electron chi connectivity index (χ3n) is 4.30. The van der Waals surface area contributed by atoms with E-state index >= 15 is 0 Å². The molecule has 0 radical (unpaired) electrons. The van der Waals surface area contributed by atoms with Crippen LogP contribution in [0, 0.1) is 0 Å².